The molecule has 172 valence electrons. The number of anilines is 1. The van der Waals surface area contributed by atoms with Gasteiger partial charge in [0.1, 0.15) is 18.1 Å². The number of morpholine rings is 1. The number of hydrogen-bond donors (Lipinski definition) is 1. The first-order chi connectivity index (χ1) is 15.9. The Morgan fingerprint density at radius 1 is 1.06 bits per heavy atom. The van der Waals surface area contributed by atoms with Gasteiger partial charge in [0.15, 0.2) is 6.10 Å². The number of nitrogens with zero attached hydrogens (tertiary/aromatic N) is 3. The van der Waals surface area contributed by atoms with Crippen LogP contribution in [-0.4, -0.2) is 76.5 Å². The van der Waals surface area contributed by atoms with Crippen LogP contribution >= 0.6 is 0 Å². The van der Waals surface area contributed by atoms with Crippen molar-refractivity contribution in [2.24, 2.45) is 4.99 Å². The summed E-state index contributed by atoms with van der Waals surface area (Å²) in [5, 5.41) is 0. The van der Waals surface area contributed by atoms with E-state index in [2.05, 4.69) is 9.71 Å². The zero-order valence-corrected chi connectivity index (χ0v) is 18.5. The first-order valence-electron chi connectivity index (χ1n) is 10.5. The molecule has 3 aliphatic heterocycles. The molecule has 0 radical (unpaired) electrons. The van der Waals surface area contributed by atoms with Crippen LogP contribution in [0, 0.1) is 0 Å². The maximum Gasteiger partial charge on any atom is 0.265 e. The van der Waals surface area contributed by atoms with Gasteiger partial charge in [-0.3, -0.25) is 19.3 Å². The summed E-state index contributed by atoms with van der Waals surface area (Å²) >= 11 is 0. The molecule has 0 aromatic heterocycles. The van der Waals surface area contributed by atoms with Gasteiger partial charge in [-0.05, 0) is 24.3 Å². The Bertz CT molecular complexity index is 1240. The lowest BCUT2D eigenvalue weighted by Gasteiger charge is -2.37. The average Bonchev–Trinajstić information content (AvgIpc) is 3.12. The van der Waals surface area contributed by atoms with Crippen LogP contribution in [0.1, 0.15) is 5.56 Å². The maximum atomic E-state index is 13.2. The fraction of sp³-hybridized carbons (Fsp3) is 0.318. The second-order valence-corrected chi connectivity index (χ2v) is 9.43. The zero-order chi connectivity index (χ0) is 23.0. The number of aliphatic imine (C=N–C) groups is 1. The number of benzene rings is 2. The summed E-state index contributed by atoms with van der Waals surface area (Å²) in [4.78, 5) is 33.7. The van der Waals surface area contributed by atoms with Gasteiger partial charge in [-0.2, -0.15) is 0 Å². The highest BCUT2D eigenvalue weighted by Gasteiger charge is 2.37. The number of amidine groups is 1. The summed E-state index contributed by atoms with van der Waals surface area (Å²) < 4.78 is 38.2. The molecule has 11 heteroatoms. The Hall–Kier alpha value is -3.44. The number of sulfonamides is 1. The Balaban J connectivity index is 1.38. The molecule has 2 aromatic carbocycles. The van der Waals surface area contributed by atoms with E-state index in [4.69, 9.17) is 9.47 Å². The summed E-state index contributed by atoms with van der Waals surface area (Å²) in [6.45, 7) is 1.63. The number of carbonyl (C=O) groups excluding carboxylic acids is 2. The molecule has 33 heavy (non-hydrogen) atoms. The number of carbonyl (C=O) groups is 2. The van der Waals surface area contributed by atoms with Crippen molar-refractivity contribution in [2.45, 2.75) is 11.0 Å². The standard InChI is InChI=1S/C22H22N4O6S/c27-20(13-23-21-15-5-1-4-8-19(15)33(29,30)24-21)26-14-18(22(28)25-9-11-31-12-10-25)32-17-7-3-2-6-16(17)26/h1-8,18H,9-14H2,(H,23,24). The first kappa shape index (κ1) is 21.4. The SMILES string of the molecule is O=C(C1CN(C(=O)CN=C2NS(=O)(=O)c3ccccc32)c2ccccc2O1)N1CCOCC1. The monoisotopic (exact) mass is 470 g/mol. The number of hydrogen-bond acceptors (Lipinski definition) is 7. The topological polar surface area (TPSA) is 118 Å². The van der Waals surface area contributed by atoms with Crippen LogP contribution < -0.4 is 14.4 Å². The molecule has 1 fully saturated rings. The highest BCUT2D eigenvalue weighted by molar-refractivity contribution is 7.90. The van der Waals surface area contributed by atoms with E-state index in [1.54, 1.807) is 47.4 Å². The summed E-state index contributed by atoms with van der Waals surface area (Å²) in [7, 11) is -3.69. The van der Waals surface area contributed by atoms with Gasteiger partial charge in [-0.1, -0.05) is 24.3 Å². The van der Waals surface area contributed by atoms with E-state index in [1.807, 2.05) is 0 Å². The minimum Gasteiger partial charge on any atom is -0.476 e. The largest absolute Gasteiger partial charge is 0.476 e. The molecule has 10 nitrogen and oxygen atoms in total. The molecule has 3 heterocycles. The van der Waals surface area contributed by atoms with Crippen LogP contribution in [0.3, 0.4) is 0 Å². The lowest BCUT2D eigenvalue weighted by molar-refractivity contribution is -0.142. The molecule has 1 unspecified atom stereocenters. The van der Waals surface area contributed by atoms with E-state index < -0.39 is 16.1 Å². The summed E-state index contributed by atoms with van der Waals surface area (Å²) in [5.74, 6) is -0.0132. The van der Waals surface area contributed by atoms with E-state index in [0.717, 1.165) is 0 Å². The lowest BCUT2D eigenvalue weighted by atomic mass is 10.1. The lowest BCUT2D eigenvalue weighted by Crippen LogP contribution is -2.54. The van der Waals surface area contributed by atoms with Crippen molar-refractivity contribution in [3.05, 3.63) is 54.1 Å². The van der Waals surface area contributed by atoms with Crippen LogP contribution in [-0.2, 0) is 24.3 Å². The Labute approximate surface area is 190 Å². The fourth-order valence-electron chi connectivity index (χ4n) is 4.07. The molecule has 0 aliphatic carbocycles. The van der Waals surface area contributed by atoms with Crippen molar-refractivity contribution >= 4 is 33.4 Å². The van der Waals surface area contributed by atoms with Crippen molar-refractivity contribution in [1.82, 2.24) is 9.62 Å². The van der Waals surface area contributed by atoms with Crippen molar-refractivity contribution < 1.29 is 27.5 Å². The zero-order valence-electron chi connectivity index (χ0n) is 17.6. The Morgan fingerprint density at radius 2 is 1.79 bits per heavy atom. The maximum absolute atomic E-state index is 13.2. The van der Waals surface area contributed by atoms with Gasteiger partial charge in [0, 0.05) is 18.7 Å². The molecule has 3 aliphatic rings. The number of para-hydroxylation sites is 2. The normalized spacial score (nSPS) is 22.2. The smallest absolute Gasteiger partial charge is 0.265 e. The van der Waals surface area contributed by atoms with Gasteiger partial charge in [-0.15, -0.1) is 0 Å². The van der Waals surface area contributed by atoms with E-state index in [-0.39, 0.29) is 35.6 Å². The number of nitrogens with one attached hydrogen (secondary N) is 1. The molecule has 2 aromatic rings. The molecule has 0 saturated carbocycles. The third-order valence-electron chi connectivity index (χ3n) is 5.71. The van der Waals surface area contributed by atoms with Crippen LogP contribution in [0.15, 0.2) is 58.4 Å². The summed E-state index contributed by atoms with van der Waals surface area (Å²) in [6, 6.07) is 13.5. The van der Waals surface area contributed by atoms with Gasteiger partial charge in [0.2, 0.25) is 5.91 Å². The highest BCUT2D eigenvalue weighted by atomic mass is 32.2. The summed E-state index contributed by atoms with van der Waals surface area (Å²) in [5.41, 5.74) is 0.967. The van der Waals surface area contributed by atoms with Gasteiger partial charge in [0.05, 0.1) is 30.3 Å². The average molecular weight is 471 g/mol. The second kappa shape index (κ2) is 8.49. The fourth-order valence-corrected chi connectivity index (χ4v) is 5.32. The van der Waals surface area contributed by atoms with Crippen molar-refractivity contribution in [3.63, 3.8) is 0 Å². The predicted octanol–water partition coefficient (Wildman–Crippen LogP) is 0.378. The molecule has 5 rings (SSSR count). The molecular weight excluding hydrogens is 448 g/mol. The molecule has 2 amide bonds. The molecule has 0 spiro atoms. The number of amides is 2. The van der Waals surface area contributed by atoms with Crippen LogP contribution in [0.5, 0.6) is 5.75 Å². The number of fused-ring (bicyclic) bond motifs is 2. The van der Waals surface area contributed by atoms with E-state index in [1.165, 1.54) is 11.0 Å². The van der Waals surface area contributed by atoms with Gasteiger partial charge in [-0.25, -0.2) is 8.42 Å². The van der Waals surface area contributed by atoms with Crippen LogP contribution in [0.25, 0.3) is 0 Å². The van der Waals surface area contributed by atoms with Gasteiger partial charge in [0.25, 0.3) is 15.9 Å². The number of ether oxygens (including phenoxy) is 2. The van der Waals surface area contributed by atoms with Crippen molar-refractivity contribution in [3.8, 4) is 5.75 Å². The van der Waals surface area contributed by atoms with Crippen molar-refractivity contribution in [2.75, 3.05) is 44.3 Å². The molecule has 0 bridgehead atoms. The molecular formula is C22H22N4O6S. The Morgan fingerprint density at radius 3 is 2.61 bits per heavy atom. The van der Waals surface area contributed by atoms with E-state index in [9.17, 15) is 18.0 Å². The first-order valence-corrected chi connectivity index (χ1v) is 12.0. The third-order valence-corrected chi connectivity index (χ3v) is 7.11. The van der Waals surface area contributed by atoms with E-state index in [0.29, 0.717) is 43.3 Å². The molecule has 1 N–H and O–H groups in total. The molecule has 1 atom stereocenters. The third kappa shape index (κ3) is 4.05. The number of rotatable bonds is 3. The van der Waals surface area contributed by atoms with Crippen molar-refractivity contribution in [1.29, 1.82) is 0 Å². The Kier molecular flexibility index (Phi) is 5.51. The van der Waals surface area contributed by atoms with Gasteiger partial charge >= 0.3 is 0 Å². The predicted molar refractivity (Wildman–Crippen MR) is 119 cm³/mol. The quantitative estimate of drug-likeness (QED) is 0.693. The highest BCUT2D eigenvalue weighted by Crippen LogP contribution is 2.34. The van der Waals surface area contributed by atoms with Gasteiger partial charge < -0.3 is 19.3 Å². The minimum absolute atomic E-state index is 0.0409. The summed E-state index contributed by atoms with van der Waals surface area (Å²) in [6.07, 6.45) is -0.847. The minimum atomic E-state index is -3.69. The van der Waals surface area contributed by atoms with Crippen LogP contribution in [0.2, 0.25) is 0 Å². The van der Waals surface area contributed by atoms with E-state index >= 15 is 0 Å². The second-order valence-electron chi connectivity index (χ2n) is 7.78. The molecule has 1 saturated heterocycles. The van der Waals surface area contributed by atoms with Crippen LogP contribution in [0.4, 0.5) is 5.69 Å².